The number of ether oxygens (including phenoxy) is 1. The van der Waals surface area contributed by atoms with Gasteiger partial charge >= 0.3 is 5.97 Å². The van der Waals surface area contributed by atoms with Crippen molar-refractivity contribution in [1.29, 1.82) is 0 Å². The van der Waals surface area contributed by atoms with Crippen molar-refractivity contribution in [3.63, 3.8) is 0 Å². The molecule has 0 aliphatic carbocycles. The van der Waals surface area contributed by atoms with Gasteiger partial charge in [-0.25, -0.2) is 17.9 Å². The SMILES string of the molecule is CCOC(=O)[C@@H](Cc1ccc(C)cc1)NC(=O)[C@@H](C)NS(C)(=O)=O. The van der Waals surface area contributed by atoms with Crippen LogP contribution in [0.2, 0.25) is 0 Å². The Morgan fingerprint density at radius 2 is 1.79 bits per heavy atom. The maximum absolute atomic E-state index is 12.1. The predicted octanol–water partition coefficient (Wildman–Crippen LogP) is 0.523. The van der Waals surface area contributed by atoms with Crippen molar-refractivity contribution in [2.45, 2.75) is 39.3 Å². The fourth-order valence-electron chi connectivity index (χ4n) is 2.07. The molecule has 0 aliphatic heterocycles. The highest BCUT2D eigenvalue weighted by atomic mass is 32.2. The minimum atomic E-state index is -3.53. The summed E-state index contributed by atoms with van der Waals surface area (Å²) in [4.78, 5) is 24.2. The van der Waals surface area contributed by atoms with Crippen molar-refractivity contribution in [3.8, 4) is 0 Å². The third-order valence-electron chi connectivity index (χ3n) is 3.23. The first-order valence-electron chi connectivity index (χ1n) is 7.62. The van der Waals surface area contributed by atoms with Gasteiger partial charge in [0.2, 0.25) is 15.9 Å². The third-order valence-corrected chi connectivity index (χ3v) is 4.01. The first kappa shape index (κ1) is 20.1. The van der Waals surface area contributed by atoms with E-state index in [1.54, 1.807) is 6.92 Å². The molecule has 0 radical (unpaired) electrons. The molecule has 24 heavy (non-hydrogen) atoms. The fourth-order valence-corrected chi connectivity index (χ4v) is 2.82. The second kappa shape index (κ2) is 8.79. The number of sulfonamides is 1. The first-order chi connectivity index (χ1) is 11.1. The van der Waals surface area contributed by atoms with E-state index in [0.717, 1.165) is 17.4 Å². The smallest absolute Gasteiger partial charge is 0.328 e. The Bertz CT molecular complexity index is 670. The molecular weight excluding hydrogens is 332 g/mol. The van der Waals surface area contributed by atoms with Crippen LogP contribution in [0.25, 0.3) is 0 Å². The summed E-state index contributed by atoms with van der Waals surface area (Å²) in [5.74, 6) is -1.15. The predicted molar refractivity (Wildman–Crippen MR) is 90.9 cm³/mol. The molecule has 0 aromatic heterocycles. The summed E-state index contributed by atoms with van der Waals surface area (Å²) in [5.41, 5.74) is 1.95. The van der Waals surface area contributed by atoms with E-state index < -0.39 is 34.0 Å². The van der Waals surface area contributed by atoms with Crippen molar-refractivity contribution < 1.29 is 22.7 Å². The van der Waals surface area contributed by atoms with Gasteiger partial charge < -0.3 is 10.1 Å². The monoisotopic (exact) mass is 356 g/mol. The Hall–Kier alpha value is -1.93. The highest BCUT2D eigenvalue weighted by molar-refractivity contribution is 7.88. The Kier molecular flexibility index (Phi) is 7.37. The maximum atomic E-state index is 12.1. The van der Waals surface area contributed by atoms with Crippen molar-refractivity contribution in [2.75, 3.05) is 12.9 Å². The zero-order valence-corrected chi connectivity index (χ0v) is 15.1. The number of hydrogen-bond donors (Lipinski definition) is 2. The maximum Gasteiger partial charge on any atom is 0.328 e. The Balaban J connectivity index is 2.83. The van der Waals surface area contributed by atoms with E-state index in [2.05, 4.69) is 10.0 Å². The molecule has 0 heterocycles. The molecule has 1 aromatic rings. The molecule has 8 heteroatoms. The van der Waals surface area contributed by atoms with Gasteiger partial charge in [-0.2, -0.15) is 0 Å². The third kappa shape index (κ3) is 7.10. The van der Waals surface area contributed by atoms with Gasteiger partial charge in [0.25, 0.3) is 0 Å². The lowest BCUT2D eigenvalue weighted by Gasteiger charge is -2.20. The second-order valence-corrected chi connectivity index (χ2v) is 7.39. The number of carbonyl (C=O) groups excluding carboxylic acids is 2. The molecule has 0 bridgehead atoms. The zero-order chi connectivity index (χ0) is 18.3. The minimum Gasteiger partial charge on any atom is -0.464 e. The van der Waals surface area contributed by atoms with Crippen LogP contribution in [0.3, 0.4) is 0 Å². The fraction of sp³-hybridized carbons (Fsp3) is 0.500. The van der Waals surface area contributed by atoms with Gasteiger partial charge in [-0.05, 0) is 26.3 Å². The average molecular weight is 356 g/mol. The number of esters is 1. The Labute approximate surface area is 142 Å². The summed E-state index contributed by atoms with van der Waals surface area (Å²) in [5, 5.41) is 2.55. The van der Waals surface area contributed by atoms with Crippen molar-refractivity contribution in [1.82, 2.24) is 10.0 Å². The number of aryl methyl sites for hydroxylation is 1. The normalized spacial score (nSPS) is 13.8. The number of nitrogens with one attached hydrogen (secondary N) is 2. The van der Waals surface area contributed by atoms with Crippen LogP contribution in [0.15, 0.2) is 24.3 Å². The van der Waals surface area contributed by atoms with Crippen LogP contribution in [-0.4, -0.2) is 45.2 Å². The molecule has 2 N–H and O–H groups in total. The van der Waals surface area contributed by atoms with Crippen LogP contribution in [0.1, 0.15) is 25.0 Å². The molecule has 0 unspecified atom stereocenters. The van der Waals surface area contributed by atoms with Gasteiger partial charge in [0.1, 0.15) is 6.04 Å². The number of carbonyl (C=O) groups is 2. The summed E-state index contributed by atoms with van der Waals surface area (Å²) in [6.45, 7) is 5.23. The topological polar surface area (TPSA) is 102 Å². The van der Waals surface area contributed by atoms with Crippen LogP contribution in [0, 0.1) is 6.92 Å². The molecule has 0 spiro atoms. The van der Waals surface area contributed by atoms with E-state index in [4.69, 9.17) is 4.74 Å². The average Bonchev–Trinajstić information content (AvgIpc) is 2.47. The van der Waals surface area contributed by atoms with E-state index in [1.807, 2.05) is 31.2 Å². The van der Waals surface area contributed by atoms with Gasteiger partial charge in [-0.1, -0.05) is 29.8 Å². The van der Waals surface area contributed by atoms with Crippen LogP contribution in [0.5, 0.6) is 0 Å². The van der Waals surface area contributed by atoms with Crippen LogP contribution in [0.4, 0.5) is 0 Å². The minimum absolute atomic E-state index is 0.191. The lowest BCUT2D eigenvalue weighted by atomic mass is 10.0. The standard InChI is InChI=1S/C16H24N2O5S/c1-5-23-16(20)14(10-13-8-6-11(2)7-9-13)17-15(19)12(3)18-24(4,21)22/h6-9,12,14,18H,5,10H2,1-4H3,(H,17,19)/t12-,14-/m1/s1. The van der Waals surface area contributed by atoms with E-state index in [9.17, 15) is 18.0 Å². The molecular formula is C16H24N2O5S. The molecule has 0 saturated heterocycles. The first-order valence-corrected chi connectivity index (χ1v) is 9.51. The molecule has 2 atom stereocenters. The van der Waals surface area contributed by atoms with Crippen LogP contribution >= 0.6 is 0 Å². The molecule has 134 valence electrons. The highest BCUT2D eigenvalue weighted by Crippen LogP contribution is 2.08. The van der Waals surface area contributed by atoms with Crippen molar-refractivity contribution >= 4 is 21.9 Å². The molecule has 0 aliphatic rings. The highest BCUT2D eigenvalue weighted by Gasteiger charge is 2.26. The summed E-state index contributed by atoms with van der Waals surface area (Å²) in [7, 11) is -3.53. The second-order valence-electron chi connectivity index (χ2n) is 5.61. The molecule has 1 rings (SSSR count). The van der Waals surface area contributed by atoms with Crippen LogP contribution in [-0.2, 0) is 30.8 Å². The van der Waals surface area contributed by atoms with Crippen LogP contribution < -0.4 is 10.0 Å². The molecule has 7 nitrogen and oxygen atoms in total. The van der Waals surface area contributed by atoms with Gasteiger partial charge in [0, 0.05) is 6.42 Å². The zero-order valence-electron chi connectivity index (χ0n) is 14.3. The lowest BCUT2D eigenvalue weighted by molar-refractivity contribution is -0.147. The van der Waals surface area contributed by atoms with E-state index in [0.29, 0.717) is 0 Å². The molecule has 1 amide bonds. The quantitative estimate of drug-likeness (QED) is 0.662. The van der Waals surface area contributed by atoms with Crippen molar-refractivity contribution in [2.24, 2.45) is 0 Å². The molecule has 0 saturated carbocycles. The molecule has 1 aromatic carbocycles. The van der Waals surface area contributed by atoms with Gasteiger partial charge in [-0.15, -0.1) is 0 Å². The summed E-state index contributed by atoms with van der Waals surface area (Å²) in [6.07, 6.45) is 1.22. The number of hydrogen-bond acceptors (Lipinski definition) is 5. The number of amides is 1. The van der Waals surface area contributed by atoms with E-state index >= 15 is 0 Å². The van der Waals surface area contributed by atoms with Gasteiger partial charge in [-0.3, -0.25) is 4.79 Å². The summed E-state index contributed by atoms with van der Waals surface area (Å²) in [6, 6.07) is 5.68. The number of rotatable bonds is 8. The Morgan fingerprint density at radius 1 is 1.21 bits per heavy atom. The largest absolute Gasteiger partial charge is 0.464 e. The van der Waals surface area contributed by atoms with E-state index in [1.165, 1.54) is 6.92 Å². The van der Waals surface area contributed by atoms with Gasteiger partial charge in [0.05, 0.1) is 18.9 Å². The Morgan fingerprint density at radius 3 is 2.29 bits per heavy atom. The number of benzene rings is 1. The van der Waals surface area contributed by atoms with Crippen molar-refractivity contribution in [3.05, 3.63) is 35.4 Å². The van der Waals surface area contributed by atoms with Gasteiger partial charge in [0.15, 0.2) is 0 Å². The molecule has 0 fully saturated rings. The summed E-state index contributed by atoms with van der Waals surface area (Å²) < 4.78 is 29.6. The summed E-state index contributed by atoms with van der Waals surface area (Å²) >= 11 is 0. The van der Waals surface area contributed by atoms with E-state index in [-0.39, 0.29) is 13.0 Å². The lowest BCUT2D eigenvalue weighted by Crippen LogP contribution is -2.51.